The first-order valence-electron chi connectivity index (χ1n) is 10.7. The Hall–Kier alpha value is -3.48. The molecule has 0 saturated heterocycles. The summed E-state index contributed by atoms with van der Waals surface area (Å²) >= 11 is 3.37. The molecular weight excluding hydrogens is 560 g/mol. The summed E-state index contributed by atoms with van der Waals surface area (Å²) in [5.74, 6) is -5.45. The van der Waals surface area contributed by atoms with Crippen LogP contribution in [0.5, 0.6) is 0 Å². The van der Waals surface area contributed by atoms with Crippen molar-refractivity contribution >= 4 is 51.7 Å². The molecule has 0 aromatic rings. The Bertz CT molecular complexity index is 1000. The van der Waals surface area contributed by atoms with Crippen LogP contribution >= 0.6 is 15.9 Å². The molecule has 12 nitrogen and oxygen atoms in total. The number of carbonyl (C=O) groups is 6. The largest absolute Gasteiger partial charge is 0.468 e. The third kappa shape index (κ3) is 6.85. The van der Waals surface area contributed by atoms with Crippen LogP contribution in [-0.4, -0.2) is 78.5 Å². The lowest BCUT2D eigenvalue weighted by Crippen LogP contribution is -2.46. The molecule has 0 amide bonds. The average molecular weight is 589 g/mol. The second-order valence-electron chi connectivity index (χ2n) is 7.90. The van der Waals surface area contributed by atoms with Crippen LogP contribution in [0.3, 0.4) is 0 Å². The molecule has 1 aliphatic carbocycles. The Balaban J connectivity index is 3.89. The monoisotopic (exact) mass is 588 g/mol. The Labute approximate surface area is 222 Å². The van der Waals surface area contributed by atoms with Gasteiger partial charge in [0.2, 0.25) is 0 Å². The summed E-state index contributed by atoms with van der Waals surface area (Å²) in [6.07, 6.45) is 1.84. The molecule has 1 aliphatic rings. The summed E-state index contributed by atoms with van der Waals surface area (Å²) in [4.78, 5) is 75.5. The molecular formula is C24H29BrO12. The van der Waals surface area contributed by atoms with E-state index in [1.165, 1.54) is 6.08 Å². The van der Waals surface area contributed by atoms with E-state index in [1.807, 2.05) is 0 Å². The fourth-order valence-corrected chi connectivity index (χ4v) is 4.53. The molecule has 1 rings (SSSR count). The highest BCUT2D eigenvalue weighted by molar-refractivity contribution is 9.12. The molecule has 0 atom stereocenters. The van der Waals surface area contributed by atoms with Gasteiger partial charge in [-0.2, -0.15) is 0 Å². The number of ether oxygens (including phenoxy) is 6. The zero-order valence-electron chi connectivity index (χ0n) is 21.3. The number of esters is 6. The van der Waals surface area contributed by atoms with Crippen molar-refractivity contribution in [1.82, 2.24) is 0 Å². The molecule has 0 aliphatic heterocycles. The minimum atomic E-state index is -2.05. The van der Waals surface area contributed by atoms with E-state index >= 15 is 0 Å². The van der Waals surface area contributed by atoms with Gasteiger partial charge in [-0.3, -0.25) is 19.2 Å². The molecule has 0 aromatic carbocycles. The first-order valence-corrected chi connectivity index (χ1v) is 11.5. The van der Waals surface area contributed by atoms with Crippen LogP contribution in [0.25, 0.3) is 0 Å². The summed E-state index contributed by atoms with van der Waals surface area (Å²) in [6.45, 7) is 0. The Morgan fingerprint density at radius 1 is 0.784 bits per heavy atom. The van der Waals surface area contributed by atoms with Crippen LogP contribution in [-0.2, 0) is 57.2 Å². The summed E-state index contributed by atoms with van der Waals surface area (Å²) in [5, 5.41) is 0. The minimum absolute atomic E-state index is 0.151. The van der Waals surface area contributed by atoms with E-state index in [4.69, 9.17) is 18.9 Å². The lowest BCUT2D eigenvalue weighted by molar-refractivity contribution is -0.169. The third-order valence-corrected chi connectivity index (χ3v) is 6.90. The first-order chi connectivity index (χ1) is 17.4. The molecule has 37 heavy (non-hydrogen) atoms. The van der Waals surface area contributed by atoms with Gasteiger partial charge < -0.3 is 28.4 Å². The van der Waals surface area contributed by atoms with Crippen molar-refractivity contribution in [1.29, 1.82) is 0 Å². The lowest BCUT2D eigenvalue weighted by atomic mass is 9.67. The maximum atomic E-state index is 13.0. The highest BCUT2D eigenvalue weighted by Gasteiger charge is 2.55. The van der Waals surface area contributed by atoms with E-state index in [1.54, 1.807) is 0 Å². The number of hydrogen-bond donors (Lipinski definition) is 0. The zero-order chi connectivity index (χ0) is 28.4. The second kappa shape index (κ2) is 13.7. The molecule has 13 heteroatoms. The van der Waals surface area contributed by atoms with E-state index in [0.717, 1.165) is 54.8 Å². The normalized spacial score (nSPS) is 16.1. The fourth-order valence-electron chi connectivity index (χ4n) is 4.00. The van der Waals surface area contributed by atoms with Crippen molar-refractivity contribution in [2.24, 2.45) is 10.8 Å². The molecule has 0 spiro atoms. The minimum Gasteiger partial charge on any atom is -0.468 e. The van der Waals surface area contributed by atoms with Crippen molar-refractivity contribution in [2.45, 2.75) is 25.7 Å². The summed E-state index contributed by atoms with van der Waals surface area (Å²) in [7, 11) is 6.57. The van der Waals surface area contributed by atoms with Crippen LogP contribution < -0.4 is 0 Å². The molecule has 0 saturated carbocycles. The molecule has 0 unspecified atom stereocenters. The predicted molar refractivity (Wildman–Crippen MR) is 129 cm³/mol. The summed E-state index contributed by atoms with van der Waals surface area (Å²) < 4.78 is 29.0. The first kappa shape index (κ1) is 31.5. The molecule has 0 fully saturated rings. The van der Waals surface area contributed by atoms with Gasteiger partial charge in [0.1, 0.15) is 0 Å². The van der Waals surface area contributed by atoms with E-state index < -0.39 is 53.1 Å². The molecule has 0 bridgehead atoms. The fraction of sp³-hybridized carbons (Fsp3) is 0.500. The smallest absolute Gasteiger partial charge is 0.330 e. The topological polar surface area (TPSA) is 158 Å². The van der Waals surface area contributed by atoms with Crippen molar-refractivity contribution < 1.29 is 57.2 Å². The number of halogens is 1. The lowest BCUT2D eigenvalue weighted by Gasteiger charge is -2.37. The van der Waals surface area contributed by atoms with Gasteiger partial charge in [0.15, 0.2) is 10.8 Å². The maximum absolute atomic E-state index is 13.0. The number of allylic oxidation sites excluding steroid dienone is 4. The molecule has 0 heterocycles. The summed E-state index contributed by atoms with van der Waals surface area (Å²) in [6, 6.07) is 0. The van der Waals surface area contributed by atoms with Gasteiger partial charge in [0.05, 0.1) is 42.7 Å². The van der Waals surface area contributed by atoms with Gasteiger partial charge in [0, 0.05) is 23.1 Å². The van der Waals surface area contributed by atoms with Crippen LogP contribution in [0.4, 0.5) is 0 Å². The maximum Gasteiger partial charge on any atom is 0.330 e. The number of carbonyl (C=O) groups excluding carboxylic acids is 6. The third-order valence-electron chi connectivity index (χ3n) is 5.83. The quantitative estimate of drug-likeness (QED) is 0.157. The van der Waals surface area contributed by atoms with E-state index in [2.05, 4.69) is 25.4 Å². The highest BCUT2D eigenvalue weighted by atomic mass is 79.9. The van der Waals surface area contributed by atoms with Gasteiger partial charge in [-0.05, 0) is 24.8 Å². The van der Waals surface area contributed by atoms with Gasteiger partial charge in [-0.1, -0.05) is 27.6 Å². The predicted octanol–water partition coefficient (Wildman–Crippen LogP) is 1.70. The van der Waals surface area contributed by atoms with E-state index in [0.29, 0.717) is 0 Å². The Morgan fingerprint density at radius 3 is 1.73 bits per heavy atom. The molecule has 0 radical (unpaired) electrons. The molecule has 204 valence electrons. The number of rotatable bonds is 10. The number of hydrogen-bond acceptors (Lipinski definition) is 12. The van der Waals surface area contributed by atoms with Crippen molar-refractivity contribution in [3.63, 3.8) is 0 Å². The van der Waals surface area contributed by atoms with Crippen LogP contribution in [0.15, 0.2) is 33.9 Å². The van der Waals surface area contributed by atoms with Crippen LogP contribution in [0, 0.1) is 10.8 Å². The van der Waals surface area contributed by atoms with E-state index in [-0.39, 0.29) is 34.9 Å². The van der Waals surface area contributed by atoms with Crippen molar-refractivity contribution in [3.05, 3.63) is 33.9 Å². The SMILES string of the molecule is COC(=O)/C=C/CC(CC1=C(Br)/C(=C/C(=O)OC)CC(C(=O)OC)(C(=O)OC)C1)(C(=O)OC)C(=O)OC. The average Bonchev–Trinajstić information content (AvgIpc) is 2.91. The highest BCUT2D eigenvalue weighted by Crippen LogP contribution is 2.50. The Morgan fingerprint density at radius 2 is 1.30 bits per heavy atom. The van der Waals surface area contributed by atoms with Crippen molar-refractivity contribution in [3.8, 4) is 0 Å². The molecule has 0 N–H and O–H groups in total. The Kier molecular flexibility index (Phi) is 11.7. The zero-order valence-corrected chi connectivity index (χ0v) is 22.9. The van der Waals surface area contributed by atoms with Crippen LogP contribution in [0.1, 0.15) is 25.7 Å². The van der Waals surface area contributed by atoms with Gasteiger partial charge in [-0.15, -0.1) is 0 Å². The van der Waals surface area contributed by atoms with Crippen molar-refractivity contribution in [2.75, 3.05) is 42.7 Å². The second-order valence-corrected chi connectivity index (χ2v) is 8.69. The van der Waals surface area contributed by atoms with Gasteiger partial charge >= 0.3 is 35.8 Å². The number of methoxy groups -OCH3 is 6. The molecule has 0 aromatic heterocycles. The van der Waals surface area contributed by atoms with Crippen LogP contribution in [0.2, 0.25) is 0 Å². The van der Waals surface area contributed by atoms with Gasteiger partial charge in [-0.25, -0.2) is 9.59 Å². The summed E-state index contributed by atoms with van der Waals surface area (Å²) in [5.41, 5.74) is -3.65. The van der Waals surface area contributed by atoms with E-state index in [9.17, 15) is 28.8 Å². The standard InChI is InChI=1S/C24H29BrO12/c1-32-16(26)8-7-9-23(19(28)34-3,20(29)35-4)12-15-13-24(21(30)36-5,22(31)37-6)11-14(18(15)25)10-17(27)33-2/h7-8,10H,9,11-13H2,1-6H3/b8-7+,14-10+. The van der Waals surface area contributed by atoms with Gasteiger partial charge in [0.25, 0.3) is 0 Å².